The molecule has 0 aliphatic carbocycles. The summed E-state index contributed by atoms with van der Waals surface area (Å²) in [6.45, 7) is 2.24. The van der Waals surface area contributed by atoms with Crippen LogP contribution in [0.2, 0.25) is 0 Å². The van der Waals surface area contributed by atoms with Gasteiger partial charge in [0.25, 0.3) is 0 Å². The van der Waals surface area contributed by atoms with Gasteiger partial charge < -0.3 is 19.8 Å². The third-order valence-electron chi connectivity index (χ3n) is 4.84. The summed E-state index contributed by atoms with van der Waals surface area (Å²) in [7, 11) is 5.01. The molecule has 0 spiro atoms. The highest BCUT2D eigenvalue weighted by Crippen LogP contribution is 2.23. The van der Waals surface area contributed by atoms with Gasteiger partial charge in [-0.05, 0) is 6.42 Å². The number of quaternary nitrogens is 1. The molecule has 0 amide bonds. The van der Waals surface area contributed by atoms with Gasteiger partial charge >= 0.3 is 5.97 Å². The van der Waals surface area contributed by atoms with E-state index in [0.29, 0.717) is 6.42 Å². The van der Waals surface area contributed by atoms with E-state index in [0.717, 1.165) is 12.8 Å². The lowest BCUT2D eigenvalue weighted by Crippen LogP contribution is -2.62. The molecule has 0 heterocycles. The van der Waals surface area contributed by atoms with E-state index in [2.05, 4.69) is 6.92 Å². The first-order chi connectivity index (χ1) is 11.6. The molecular formula is C20H42NO4+. The van der Waals surface area contributed by atoms with Gasteiger partial charge in [0.1, 0.15) is 0 Å². The largest absolute Gasteiger partial charge is 0.477 e. The number of carbonyl (C=O) groups is 1. The summed E-state index contributed by atoms with van der Waals surface area (Å²) >= 11 is 0. The van der Waals surface area contributed by atoms with Crippen molar-refractivity contribution >= 4 is 5.97 Å². The molecule has 0 rings (SSSR count). The number of carboxylic acids is 1. The molecule has 0 saturated carbocycles. The molecule has 0 aliphatic rings. The van der Waals surface area contributed by atoms with Crippen molar-refractivity contribution in [2.75, 3.05) is 21.1 Å². The van der Waals surface area contributed by atoms with Crippen LogP contribution >= 0.6 is 0 Å². The van der Waals surface area contributed by atoms with E-state index in [9.17, 15) is 20.1 Å². The summed E-state index contributed by atoms with van der Waals surface area (Å²) in [5, 5.41) is 29.7. The minimum atomic E-state index is -2.16. The first-order valence-electron chi connectivity index (χ1n) is 10.1. The predicted octanol–water partition coefficient (Wildman–Crippen LogP) is 3.92. The van der Waals surface area contributed by atoms with Crippen LogP contribution in [-0.4, -0.2) is 58.7 Å². The molecule has 0 bridgehead atoms. The zero-order valence-corrected chi connectivity index (χ0v) is 17.0. The highest BCUT2D eigenvalue weighted by atomic mass is 16.5. The van der Waals surface area contributed by atoms with Gasteiger partial charge in [0.2, 0.25) is 11.8 Å². The quantitative estimate of drug-likeness (QED) is 0.221. The SMILES string of the molecule is CCCCCCCCCCCCCCC(O)(O)C(C(=O)O)[N+](C)(C)C. The second-order valence-electron chi connectivity index (χ2n) is 8.37. The molecule has 0 fully saturated rings. The van der Waals surface area contributed by atoms with Crippen LogP contribution in [0, 0.1) is 0 Å². The smallest absolute Gasteiger partial charge is 0.368 e. The zero-order chi connectivity index (χ0) is 19.3. The Bertz CT molecular complexity index is 350. The van der Waals surface area contributed by atoms with Crippen molar-refractivity contribution in [3.63, 3.8) is 0 Å². The Morgan fingerprint density at radius 2 is 1.16 bits per heavy atom. The molecule has 0 aromatic carbocycles. The molecule has 25 heavy (non-hydrogen) atoms. The molecule has 5 nitrogen and oxygen atoms in total. The molecule has 0 aromatic heterocycles. The van der Waals surface area contributed by atoms with Crippen LogP contribution in [-0.2, 0) is 4.79 Å². The highest BCUT2D eigenvalue weighted by Gasteiger charge is 2.48. The number of unbranched alkanes of at least 4 members (excludes halogenated alkanes) is 11. The maximum atomic E-state index is 11.4. The van der Waals surface area contributed by atoms with Crippen molar-refractivity contribution in [3.8, 4) is 0 Å². The molecule has 5 heteroatoms. The summed E-state index contributed by atoms with van der Waals surface area (Å²) in [4.78, 5) is 11.4. The topological polar surface area (TPSA) is 77.8 Å². The second kappa shape index (κ2) is 12.7. The molecule has 0 aromatic rings. The Morgan fingerprint density at radius 3 is 1.48 bits per heavy atom. The summed E-state index contributed by atoms with van der Waals surface area (Å²) in [5.41, 5.74) is 0. The van der Waals surface area contributed by atoms with Crippen LogP contribution in [0.4, 0.5) is 0 Å². The van der Waals surface area contributed by atoms with Gasteiger partial charge in [0.15, 0.2) is 0 Å². The van der Waals surface area contributed by atoms with E-state index in [-0.39, 0.29) is 10.9 Å². The molecule has 1 unspecified atom stereocenters. The zero-order valence-electron chi connectivity index (χ0n) is 17.0. The average molecular weight is 361 g/mol. The van der Waals surface area contributed by atoms with Gasteiger partial charge in [-0.2, -0.15) is 0 Å². The maximum Gasteiger partial charge on any atom is 0.368 e. The molecule has 150 valence electrons. The monoisotopic (exact) mass is 360 g/mol. The van der Waals surface area contributed by atoms with Gasteiger partial charge in [0, 0.05) is 6.42 Å². The van der Waals surface area contributed by atoms with Crippen molar-refractivity contribution in [2.24, 2.45) is 0 Å². The lowest BCUT2D eigenvalue weighted by molar-refractivity contribution is -0.899. The Morgan fingerprint density at radius 1 is 0.800 bits per heavy atom. The fourth-order valence-electron chi connectivity index (χ4n) is 3.51. The Balaban J connectivity index is 3.78. The van der Waals surface area contributed by atoms with Crippen LogP contribution in [0.1, 0.15) is 90.4 Å². The van der Waals surface area contributed by atoms with E-state index in [1.165, 1.54) is 57.8 Å². The fourth-order valence-corrected chi connectivity index (χ4v) is 3.51. The number of hydrogen-bond acceptors (Lipinski definition) is 3. The van der Waals surface area contributed by atoms with Gasteiger partial charge in [0.05, 0.1) is 21.1 Å². The van der Waals surface area contributed by atoms with E-state index < -0.39 is 17.8 Å². The number of aliphatic carboxylic acids is 1. The van der Waals surface area contributed by atoms with E-state index in [1.54, 1.807) is 21.1 Å². The number of likely N-dealkylation sites (N-methyl/N-ethyl adjacent to an activating group) is 1. The maximum absolute atomic E-state index is 11.4. The van der Waals surface area contributed by atoms with Crippen LogP contribution in [0.15, 0.2) is 0 Å². The van der Waals surface area contributed by atoms with Gasteiger partial charge in [-0.1, -0.05) is 77.6 Å². The van der Waals surface area contributed by atoms with E-state index >= 15 is 0 Å². The minimum absolute atomic E-state index is 0.0133. The van der Waals surface area contributed by atoms with Crippen molar-refractivity contribution < 1.29 is 24.6 Å². The Kier molecular flexibility index (Phi) is 12.3. The molecule has 0 aliphatic heterocycles. The fraction of sp³-hybridized carbons (Fsp3) is 0.950. The molecule has 0 radical (unpaired) electrons. The number of aliphatic hydroxyl groups is 2. The second-order valence-corrected chi connectivity index (χ2v) is 8.37. The van der Waals surface area contributed by atoms with E-state index in [4.69, 9.17) is 0 Å². The van der Waals surface area contributed by atoms with Gasteiger partial charge in [-0.15, -0.1) is 0 Å². The average Bonchev–Trinajstić information content (AvgIpc) is 2.45. The van der Waals surface area contributed by atoms with Crippen molar-refractivity contribution in [2.45, 2.75) is 102 Å². The van der Waals surface area contributed by atoms with Gasteiger partial charge in [-0.25, -0.2) is 4.79 Å². The molecule has 0 saturated heterocycles. The van der Waals surface area contributed by atoms with Crippen LogP contribution in [0.3, 0.4) is 0 Å². The molecule has 1 atom stereocenters. The van der Waals surface area contributed by atoms with Crippen LogP contribution in [0.5, 0.6) is 0 Å². The first kappa shape index (κ1) is 24.4. The number of rotatable bonds is 16. The third-order valence-corrected chi connectivity index (χ3v) is 4.84. The predicted molar refractivity (Wildman–Crippen MR) is 102 cm³/mol. The van der Waals surface area contributed by atoms with Crippen LogP contribution < -0.4 is 0 Å². The number of nitrogens with zero attached hydrogens (tertiary/aromatic N) is 1. The first-order valence-corrected chi connectivity index (χ1v) is 10.1. The van der Waals surface area contributed by atoms with Crippen molar-refractivity contribution in [1.82, 2.24) is 0 Å². The number of hydrogen-bond donors (Lipinski definition) is 3. The minimum Gasteiger partial charge on any atom is -0.477 e. The summed E-state index contributed by atoms with van der Waals surface area (Å²) in [5.74, 6) is -3.33. The normalized spacial score (nSPS) is 13.8. The highest BCUT2D eigenvalue weighted by molar-refractivity contribution is 5.73. The number of carboxylic acid groups (broad SMARTS) is 1. The standard InChI is InChI=1S/C20H41NO4/c1-5-6-7-8-9-10-11-12-13-14-15-16-17-20(24,25)18(19(22)23)21(2,3)4/h18,24-25H,5-17H2,1-4H3/p+1. The Labute approximate surface area is 154 Å². The van der Waals surface area contributed by atoms with Crippen molar-refractivity contribution in [3.05, 3.63) is 0 Å². The van der Waals surface area contributed by atoms with Gasteiger partial charge in [-0.3, -0.25) is 0 Å². The molecular weight excluding hydrogens is 318 g/mol. The lowest BCUT2D eigenvalue weighted by atomic mass is 9.97. The summed E-state index contributed by atoms with van der Waals surface area (Å²) in [6, 6.07) is -1.24. The Hall–Kier alpha value is -0.650. The summed E-state index contributed by atoms with van der Waals surface area (Å²) < 4.78 is -0.0133. The van der Waals surface area contributed by atoms with Crippen molar-refractivity contribution in [1.29, 1.82) is 0 Å². The lowest BCUT2D eigenvalue weighted by Gasteiger charge is -2.38. The van der Waals surface area contributed by atoms with Crippen LogP contribution in [0.25, 0.3) is 0 Å². The summed E-state index contributed by atoms with van der Waals surface area (Å²) in [6.07, 6.45) is 14.5. The molecule has 3 N–H and O–H groups in total. The van der Waals surface area contributed by atoms with E-state index in [1.807, 2.05) is 0 Å². The third kappa shape index (κ3) is 11.6.